The molecule has 118 valence electrons. The second kappa shape index (κ2) is 8.50. The molecule has 21 heavy (non-hydrogen) atoms. The number of nitrogens with zero attached hydrogens (tertiary/aromatic N) is 3. The summed E-state index contributed by atoms with van der Waals surface area (Å²) in [6.07, 6.45) is 2.15. The molecule has 6 nitrogen and oxygen atoms in total. The molecule has 1 atom stereocenters. The molecule has 6 heteroatoms. The van der Waals surface area contributed by atoms with Gasteiger partial charge in [0.05, 0.1) is 12.5 Å². The average Bonchev–Trinajstić information content (AvgIpc) is 2.42. The number of hydrogen-bond donors (Lipinski definition) is 1. The summed E-state index contributed by atoms with van der Waals surface area (Å²) in [5.41, 5.74) is 0. The van der Waals surface area contributed by atoms with E-state index in [1.54, 1.807) is 9.80 Å². The molecule has 0 bridgehead atoms. The molecule has 2 amide bonds. The third kappa shape index (κ3) is 6.03. The van der Waals surface area contributed by atoms with Crippen molar-refractivity contribution < 1.29 is 14.7 Å². The molecule has 1 rings (SSSR count). The lowest BCUT2D eigenvalue weighted by Crippen LogP contribution is -2.49. The third-order valence-electron chi connectivity index (χ3n) is 3.60. The van der Waals surface area contributed by atoms with Crippen LogP contribution in [0.1, 0.15) is 39.5 Å². The molecule has 0 aromatic heterocycles. The van der Waals surface area contributed by atoms with Crippen molar-refractivity contribution in [2.45, 2.75) is 39.5 Å². The first-order valence-electron chi connectivity index (χ1n) is 7.56. The molecule has 0 aromatic carbocycles. The number of aliphatic carboxylic acids is 1. The number of nitriles is 1. The second-order valence-corrected chi connectivity index (χ2v) is 6.08. The molecule has 1 fully saturated rings. The largest absolute Gasteiger partial charge is 0.481 e. The molecule has 1 aliphatic heterocycles. The van der Waals surface area contributed by atoms with E-state index in [0.29, 0.717) is 38.5 Å². The highest BCUT2D eigenvalue weighted by Crippen LogP contribution is 2.21. The van der Waals surface area contributed by atoms with E-state index in [0.717, 1.165) is 12.8 Å². The number of carbonyl (C=O) groups is 2. The third-order valence-corrected chi connectivity index (χ3v) is 3.60. The number of urea groups is 1. The molecule has 0 spiro atoms. The average molecular weight is 295 g/mol. The summed E-state index contributed by atoms with van der Waals surface area (Å²) >= 11 is 0. The Morgan fingerprint density at radius 3 is 2.76 bits per heavy atom. The van der Waals surface area contributed by atoms with Crippen LogP contribution < -0.4 is 0 Å². The number of amides is 2. The Hall–Kier alpha value is -1.77. The molecule has 1 saturated heterocycles. The van der Waals surface area contributed by atoms with Crippen LogP contribution in [0.5, 0.6) is 0 Å². The first kappa shape index (κ1) is 17.3. The van der Waals surface area contributed by atoms with Crippen LogP contribution in [0.25, 0.3) is 0 Å². The van der Waals surface area contributed by atoms with Gasteiger partial charge in [0.25, 0.3) is 0 Å². The Balaban J connectivity index is 2.64. The van der Waals surface area contributed by atoms with Gasteiger partial charge in [-0.15, -0.1) is 0 Å². The molecule has 1 aliphatic rings. The predicted octanol–water partition coefficient (Wildman–Crippen LogP) is 2.16. The first-order valence-corrected chi connectivity index (χ1v) is 7.56. The summed E-state index contributed by atoms with van der Waals surface area (Å²) in [5, 5.41) is 17.6. The zero-order chi connectivity index (χ0) is 15.8. The van der Waals surface area contributed by atoms with E-state index in [1.165, 1.54) is 0 Å². The maximum atomic E-state index is 12.6. The minimum Gasteiger partial charge on any atom is -0.481 e. The van der Waals surface area contributed by atoms with E-state index < -0.39 is 5.97 Å². The minimum atomic E-state index is -0.808. The lowest BCUT2D eigenvalue weighted by molar-refractivity contribution is -0.138. The van der Waals surface area contributed by atoms with Crippen molar-refractivity contribution in [1.82, 2.24) is 9.80 Å². The maximum Gasteiger partial charge on any atom is 0.320 e. The number of piperidine rings is 1. The highest BCUT2D eigenvalue weighted by molar-refractivity contribution is 5.75. The van der Waals surface area contributed by atoms with Crippen molar-refractivity contribution in [1.29, 1.82) is 5.26 Å². The lowest BCUT2D eigenvalue weighted by Gasteiger charge is -2.36. The fourth-order valence-corrected chi connectivity index (χ4v) is 2.74. The van der Waals surface area contributed by atoms with Crippen molar-refractivity contribution in [3.63, 3.8) is 0 Å². The van der Waals surface area contributed by atoms with Gasteiger partial charge < -0.3 is 14.9 Å². The van der Waals surface area contributed by atoms with E-state index in [4.69, 9.17) is 10.4 Å². The Morgan fingerprint density at radius 1 is 1.48 bits per heavy atom. The summed E-state index contributed by atoms with van der Waals surface area (Å²) in [4.78, 5) is 26.8. The lowest BCUT2D eigenvalue weighted by atomic mass is 9.95. The van der Waals surface area contributed by atoms with Crippen LogP contribution in [-0.2, 0) is 4.79 Å². The molecule has 0 radical (unpaired) electrons. The van der Waals surface area contributed by atoms with Gasteiger partial charge >= 0.3 is 12.0 Å². The van der Waals surface area contributed by atoms with Crippen LogP contribution in [0.3, 0.4) is 0 Å². The summed E-state index contributed by atoms with van der Waals surface area (Å²) in [6.45, 7) is 6.32. The number of carboxylic acid groups (broad SMARTS) is 1. The molecular formula is C15H25N3O3. The monoisotopic (exact) mass is 295 g/mol. The van der Waals surface area contributed by atoms with Crippen LogP contribution in [0.15, 0.2) is 0 Å². The fourth-order valence-electron chi connectivity index (χ4n) is 2.74. The number of rotatable bonds is 6. The predicted molar refractivity (Wildman–Crippen MR) is 78.6 cm³/mol. The summed E-state index contributed by atoms with van der Waals surface area (Å²) in [6, 6.07) is 2.01. The Labute approximate surface area is 126 Å². The van der Waals surface area contributed by atoms with Gasteiger partial charge in [0, 0.05) is 32.6 Å². The van der Waals surface area contributed by atoms with Crippen molar-refractivity contribution in [3.8, 4) is 6.07 Å². The smallest absolute Gasteiger partial charge is 0.320 e. The van der Waals surface area contributed by atoms with Crippen molar-refractivity contribution in [2.24, 2.45) is 11.8 Å². The SMILES string of the molecule is CC(C)CN(CCC#N)C(=O)N1CCCC(CC(=O)O)C1. The number of carbonyl (C=O) groups excluding carboxylic acids is 1. The van der Waals surface area contributed by atoms with Crippen LogP contribution >= 0.6 is 0 Å². The van der Waals surface area contributed by atoms with Gasteiger partial charge in [-0.1, -0.05) is 13.8 Å². The molecule has 0 aliphatic carbocycles. The highest BCUT2D eigenvalue weighted by atomic mass is 16.4. The molecule has 1 N–H and O–H groups in total. The summed E-state index contributed by atoms with van der Waals surface area (Å²) < 4.78 is 0. The quantitative estimate of drug-likeness (QED) is 0.813. The number of hydrogen-bond acceptors (Lipinski definition) is 3. The van der Waals surface area contributed by atoms with Gasteiger partial charge in [0.2, 0.25) is 0 Å². The summed E-state index contributed by atoms with van der Waals surface area (Å²) in [5.74, 6) is -0.429. The molecular weight excluding hydrogens is 270 g/mol. The van der Waals surface area contributed by atoms with Crippen molar-refractivity contribution in [3.05, 3.63) is 0 Å². The zero-order valence-electron chi connectivity index (χ0n) is 12.9. The van der Waals surface area contributed by atoms with Gasteiger partial charge in [-0.3, -0.25) is 4.79 Å². The van der Waals surface area contributed by atoms with Crippen molar-refractivity contribution in [2.75, 3.05) is 26.2 Å². The Kier molecular flexibility index (Phi) is 7.00. The first-order chi connectivity index (χ1) is 9.93. The maximum absolute atomic E-state index is 12.6. The van der Waals surface area contributed by atoms with E-state index >= 15 is 0 Å². The van der Waals surface area contributed by atoms with E-state index in [1.807, 2.05) is 13.8 Å². The highest BCUT2D eigenvalue weighted by Gasteiger charge is 2.28. The summed E-state index contributed by atoms with van der Waals surface area (Å²) in [7, 11) is 0. The van der Waals surface area contributed by atoms with Crippen LogP contribution in [0.2, 0.25) is 0 Å². The number of likely N-dealkylation sites (tertiary alicyclic amines) is 1. The van der Waals surface area contributed by atoms with Gasteiger partial charge in [0.15, 0.2) is 0 Å². The standard InChI is InChI=1S/C15H25N3O3/c1-12(2)10-17(8-4-6-16)15(21)18-7-3-5-13(11-18)9-14(19)20/h12-13H,3-5,7-11H2,1-2H3,(H,19,20). The zero-order valence-corrected chi connectivity index (χ0v) is 12.9. The van der Waals surface area contributed by atoms with Crippen LogP contribution in [0.4, 0.5) is 4.79 Å². The fraction of sp³-hybridized carbons (Fsp3) is 0.800. The van der Waals surface area contributed by atoms with Crippen LogP contribution in [0, 0.1) is 23.2 Å². The second-order valence-electron chi connectivity index (χ2n) is 6.08. The van der Waals surface area contributed by atoms with Crippen molar-refractivity contribution >= 4 is 12.0 Å². The normalized spacial score (nSPS) is 18.4. The molecule has 1 heterocycles. The van der Waals surface area contributed by atoms with Gasteiger partial charge in [-0.25, -0.2) is 4.79 Å². The Morgan fingerprint density at radius 2 is 2.19 bits per heavy atom. The van der Waals surface area contributed by atoms with E-state index in [2.05, 4.69) is 6.07 Å². The molecule has 0 aromatic rings. The topological polar surface area (TPSA) is 84.6 Å². The van der Waals surface area contributed by atoms with E-state index in [9.17, 15) is 9.59 Å². The molecule has 0 saturated carbocycles. The van der Waals surface area contributed by atoms with Gasteiger partial charge in [-0.05, 0) is 24.7 Å². The Bertz CT molecular complexity index is 403. The number of carboxylic acids is 1. The van der Waals surface area contributed by atoms with E-state index in [-0.39, 0.29) is 18.4 Å². The van der Waals surface area contributed by atoms with Gasteiger partial charge in [0.1, 0.15) is 0 Å². The minimum absolute atomic E-state index is 0.0390. The van der Waals surface area contributed by atoms with Crippen LogP contribution in [-0.4, -0.2) is 53.1 Å². The van der Waals surface area contributed by atoms with Gasteiger partial charge in [-0.2, -0.15) is 5.26 Å². The molecule has 1 unspecified atom stereocenters.